The number of ether oxygens (including phenoxy) is 1. The van der Waals surface area contributed by atoms with Gasteiger partial charge in [0, 0.05) is 19.1 Å². The molecule has 0 heterocycles. The summed E-state index contributed by atoms with van der Waals surface area (Å²) in [5.41, 5.74) is 3.03. The number of nitrogens with zero attached hydrogens (tertiary/aromatic N) is 1. The zero-order chi connectivity index (χ0) is 11.4. The molecule has 0 atom stereocenters. The van der Waals surface area contributed by atoms with E-state index in [0.29, 0.717) is 16.3 Å². The molecule has 4 nitrogen and oxygen atoms in total. The van der Waals surface area contributed by atoms with Crippen LogP contribution in [0.25, 0.3) is 0 Å². The van der Waals surface area contributed by atoms with Crippen molar-refractivity contribution in [2.75, 3.05) is 21.2 Å². The molecule has 0 bridgehead atoms. The van der Waals surface area contributed by atoms with E-state index >= 15 is 0 Å². The first-order chi connectivity index (χ1) is 7.04. The van der Waals surface area contributed by atoms with Crippen LogP contribution in [0.5, 0.6) is 5.75 Å². The molecule has 0 saturated carbocycles. The Morgan fingerprint density at radius 1 is 1.47 bits per heavy atom. The van der Waals surface area contributed by atoms with E-state index < -0.39 is 0 Å². The van der Waals surface area contributed by atoms with Gasteiger partial charge < -0.3 is 4.74 Å². The van der Waals surface area contributed by atoms with Crippen LogP contribution in [0.2, 0.25) is 5.02 Å². The molecule has 5 heteroatoms. The third-order valence-electron chi connectivity index (χ3n) is 1.73. The molecule has 1 rings (SSSR count). The lowest BCUT2D eigenvalue weighted by molar-refractivity contribution is 0.0854. The van der Waals surface area contributed by atoms with Crippen molar-refractivity contribution in [3.05, 3.63) is 28.8 Å². The van der Waals surface area contributed by atoms with Crippen LogP contribution in [-0.4, -0.2) is 32.1 Å². The highest BCUT2D eigenvalue weighted by molar-refractivity contribution is 6.31. The molecule has 1 N–H and O–H groups in total. The summed E-state index contributed by atoms with van der Waals surface area (Å²) >= 11 is 5.81. The van der Waals surface area contributed by atoms with Crippen LogP contribution in [0.3, 0.4) is 0 Å². The molecular weight excluding hydrogens is 216 g/mol. The molecule has 0 aliphatic heterocycles. The first kappa shape index (κ1) is 11.8. The van der Waals surface area contributed by atoms with Crippen LogP contribution in [0.1, 0.15) is 10.4 Å². The van der Waals surface area contributed by atoms with E-state index in [9.17, 15) is 4.79 Å². The fourth-order valence-corrected chi connectivity index (χ4v) is 1.29. The molecule has 0 fully saturated rings. The minimum atomic E-state index is -0.251. The van der Waals surface area contributed by atoms with Crippen molar-refractivity contribution < 1.29 is 9.53 Å². The van der Waals surface area contributed by atoms with Crippen molar-refractivity contribution in [1.82, 2.24) is 10.4 Å². The number of methoxy groups -OCH3 is 1. The molecular formula is C10H13ClN2O2. The summed E-state index contributed by atoms with van der Waals surface area (Å²) in [7, 11) is 4.97. The van der Waals surface area contributed by atoms with Gasteiger partial charge in [0.05, 0.1) is 12.7 Å². The standard InChI is InChI=1S/C10H13ClN2O2/c1-13(2)12-10(14)8-6-7(11)4-5-9(8)15-3/h4-6H,1-3H3,(H,12,14). The Balaban J connectivity index is 3.00. The molecule has 1 amide bonds. The molecule has 0 unspecified atom stereocenters. The number of carbonyl (C=O) groups excluding carboxylic acids is 1. The molecule has 0 radical (unpaired) electrons. The summed E-state index contributed by atoms with van der Waals surface area (Å²) in [5, 5.41) is 2.06. The van der Waals surface area contributed by atoms with Gasteiger partial charge in [-0.15, -0.1) is 0 Å². The fraction of sp³-hybridized carbons (Fsp3) is 0.300. The Kier molecular flexibility index (Phi) is 3.94. The summed E-state index contributed by atoms with van der Waals surface area (Å²) in [6, 6.07) is 4.90. The van der Waals surface area contributed by atoms with Crippen molar-refractivity contribution in [2.45, 2.75) is 0 Å². The third kappa shape index (κ3) is 3.11. The van der Waals surface area contributed by atoms with Crippen molar-refractivity contribution in [3.8, 4) is 5.75 Å². The van der Waals surface area contributed by atoms with Crippen molar-refractivity contribution >= 4 is 17.5 Å². The van der Waals surface area contributed by atoms with E-state index in [0.717, 1.165) is 0 Å². The first-order valence-corrected chi connectivity index (χ1v) is 4.74. The summed E-state index contributed by atoms with van der Waals surface area (Å²) < 4.78 is 5.07. The van der Waals surface area contributed by atoms with Gasteiger partial charge in [-0.05, 0) is 18.2 Å². The van der Waals surface area contributed by atoms with Crippen LogP contribution >= 0.6 is 11.6 Å². The minimum Gasteiger partial charge on any atom is -0.496 e. The lowest BCUT2D eigenvalue weighted by Crippen LogP contribution is -2.36. The normalized spacial score (nSPS) is 10.2. The number of hydrazine groups is 1. The maximum Gasteiger partial charge on any atom is 0.269 e. The minimum absolute atomic E-state index is 0.251. The van der Waals surface area contributed by atoms with E-state index in [4.69, 9.17) is 16.3 Å². The predicted molar refractivity (Wildman–Crippen MR) is 59.2 cm³/mol. The highest BCUT2D eigenvalue weighted by atomic mass is 35.5. The van der Waals surface area contributed by atoms with Crippen molar-refractivity contribution in [1.29, 1.82) is 0 Å². The average Bonchev–Trinajstić information content (AvgIpc) is 2.16. The number of carbonyl (C=O) groups is 1. The quantitative estimate of drug-likeness (QED) is 0.799. The molecule has 1 aromatic carbocycles. The van der Waals surface area contributed by atoms with Gasteiger partial charge >= 0.3 is 0 Å². The summed E-state index contributed by atoms with van der Waals surface area (Å²) in [6.45, 7) is 0. The second-order valence-corrected chi connectivity index (χ2v) is 3.62. The topological polar surface area (TPSA) is 41.6 Å². The molecule has 0 aliphatic rings. The Bertz CT molecular complexity index is 366. The van der Waals surface area contributed by atoms with Crippen molar-refractivity contribution in [2.24, 2.45) is 0 Å². The second-order valence-electron chi connectivity index (χ2n) is 3.18. The smallest absolute Gasteiger partial charge is 0.269 e. The maximum absolute atomic E-state index is 11.7. The molecule has 1 aromatic rings. The Morgan fingerprint density at radius 2 is 2.13 bits per heavy atom. The van der Waals surface area contributed by atoms with Gasteiger partial charge in [0.2, 0.25) is 0 Å². The van der Waals surface area contributed by atoms with Gasteiger partial charge in [-0.3, -0.25) is 10.2 Å². The van der Waals surface area contributed by atoms with Gasteiger partial charge in [-0.1, -0.05) is 11.6 Å². The molecule has 0 spiro atoms. The number of nitrogens with one attached hydrogen (secondary N) is 1. The van der Waals surface area contributed by atoms with Gasteiger partial charge in [-0.2, -0.15) is 0 Å². The second kappa shape index (κ2) is 5.00. The zero-order valence-corrected chi connectivity index (χ0v) is 9.63. The van der Waals surface area contributed by atoms with Gasteiger partial charge in [-0.25, -0.2) is 5.01 Å². The molecule has 0 aromatic heterocycles. The lowest BCUT2D eigenvalue weighted by Gasteiger charge is -2.13. The summed E-state index contributed by atoms with van der Waals surface area (Å²) in [6.07, 6.45) is 0. The summed E-state index contributed by atoms with van der Waals surface area (Å²) in [5.74, 6) is 0.248. The van der Waals surface area contributed by atoms with E-state index in [1.54, 1.807) is 37.3 Å². The maximum atomic E-state index is 11.7. The predicted octanol–water partition coefficient (Wildman–Crippen LogP) is 1.55. The summed E-state index contributed by atoms with van der Waals surface area (Å²) in [4.78, 5) is 11.7. The Hall–Kier alpha value is -1.26. The van der Waals surface area contributed by atoms with Crippen LogP contribution in [0.4, 0.5) is 0 Å². The number of hydrogen-bond acceptors (Lipinski definition) is 3. The highest BCUT2D eigenvalue weighted by Gasteiger charge is 2.12. The molecule has 0 saturated heterocycles. The number of rotatable bonds is 3. The Labute approximate surface area is 93.7 Å². The first-order valence-electron chi connectivity index (χ1n) is 4.36. The molecule has 0 aliphatic carbocycles. The number of halogens is 1. The zero-order valence-electron chi connectivity index (χ0n) is 8.87. The van der Waals surface area contributed by atoms with E-state index in [1.807, 2.05) is 0 Å². The SMILES string of the molecule is COc1ccc(Cl)cc1C(=O)NN(C)C. The van der Waals surface area contributed by atoms with Crippen molar-refractivity contribution in [3.63, 3.8) is 0 Å². The van der Waals surface area contributed by atoms with Gasteiger partial charge in [0.15, 0.2) is 0 Å². The largest absolute Gasteiger partial charge is 0.496 e. The number of hydrogen-bond donors (Lipinski definition) is 1. The Morgan fingerprint density at radius 3 is 2.67 bits per heavy atom. The highest BCUT2D eigenvalue weighted by Crippen LogP contribution is 2.22. The van der Waals surface area contributed by atoms with Gasteiger partial charge in [0.25, 0.3) is 5.91 Å². The monoisotopic (exact) mass is 228 g/mol. The van der Waals surface area contributed by atoms with Crippen LogP contribution in [0.15, 0.2) is 18.2 Å². The van der Waals surface area contributed by atoms with Crippen LogP contribution < -0.4 is 10.2 Å². The van der Waals surface area contributed by atoms with Crippen LogP contribution in [-0.2, 0) is 0 Å². The van der Waals surface area contributed by atoms with E-state index in [-0.39, 0.29) is 5.91 Å². The molecule has 82 valence electrons. The van der Waals surface area contributed by atoms with Gasteiger partial charge in [0.1, 0.15) is 5.75 Å². The fourth-order valence-electron chi connectivity index (χ4n) is 1.12. The average molecular weight is 229 g/mol. The number of amides is 1. The van der Waals surface area contributed by atoms with E-state index in [1.165, 1.54) is 7.11 Å². The molecule has 15 heavy (non-hydrogen) atoms. The third-order valence-corrected chi connectivity index (χ3v) is 1.97. The lowest BCUT2D eigenvalue weighted by atomic mass is 10.2. The van der Waals surface area contributed by atoms with E-state index in [2.05, 4.69) is 5.43 Å². The number of benzene rings is 1. The van der Waals surface area contributed by atoms with Crippen LogP contribution in [0, 0.1) is 0 Å².